The van der Waals surface area contributed by atoms with E-state index in [-0.39, 0.29) is 17.5 Å². The largest absolute Gasteiger partial charge is 0.451 e. The van der Waals surface area contributed by atoms with Crippen LogP contribution in [0.1, 0.15) is 16.2 Å². The van der Waals surface area contributed by atoms with Gasteiger partial charge in [0.2, 0.25) is 5.13 Å². The smallest absolute Gasteiger partial charge is 0.292 e. The minimum absolute atomic E-state index is 0.216. The number of nitrogens with zero attached hydrogens (tertiary/aromatic N) is 3. The van der Waals surface area contributed by atoms with Crippen molar-refractivity contribution >= 4 is 34.0 Å². The third-order valence-corrected chi connectivity index (χ3v) is 5.35. The maximum Gasteiger partial charge on any atom is 0.292 e. The van der Waals surface area contributed by atoms with Crippen LogP contribution in [0.15, 0.2) is 70.5 Å². The number of carbonyl (C=O) groups is 1. The molecule has 0 fully saturated rings. The average molecular weight is 418 g/mol. The molecular weight excluding hydrogens is 403 g/mol. The molecule has 5 rings (SSSR count). The first-order valence-corrected chi connectivity index (χ1v) is 10.0. The Hall–Kier alpha value is -3.78. The van der Waals surface area contributed by atoms with Crippen molar-refractivity contribution in [3.8, 4) is 16.4 Å². The average Bonchev–Trinajstić information content (AvgIpc) is 3.46. The van der Waals surface area contributed by atoms with Crippen LogP contribution in [0, 0.1) is 12.7 Å². The predicted molar refractivity (Wildman–Crippen MR) is 114 cm³/mol. The van der Waals surface area contributed by atoms with Crippen molar-refractivity contribution in [2.75, 3.05) is 5.32 Å². The van der Waals surface area contributed by atoms with Crippen LogP contribution >= 0.6 is 11.3 Å². The molecule has 8 heteroatoms. The standard InChI is InChI=1S/C22H15FN4O2S/c1-13-10-20(25-21(28)19-11-15-4-2-3-5-18(15)29-19)27(26-13)22-24-17(12-30-22)14-6-8-16(23)9-7-14/h2-12H,1H3,(H,25,28). The lowest BCUT2D eigenvalue weighted by molar-refractivity contribution is 0.0998. The summed E-state index contributed by atoms with van der Waals surface area (Å²) in [6, 6.07) is 17.0. The molecule has 0 unspecified atom stereocenters. The van der Waals surface area contributed by atoms with Crippen molar-refractivity contribution in [1.82, 2.24) is 14.8 Å². The summed E-state index contributed by atoms with van der Waals surface area (Å²) in [7, 11) is 0. The molecule has 3 aromatic heterocycles. The van der Waals surface area contributed by atoms with Gasteiger partial charge < -0.3 is 9.73 Å². The second-order valence-electron chi connectivity index (χ2n) is 6.71. The molecule has 0 radical (unpaired) electrons. The molecule has 0 aliphatic carbocycles. The molecule has 1 amide bonds. The molecule has 0 atom stereocenters. The van der Waals surface area contributed by atoms with Gasteiger partial charge in [-0.05, 0) is 43.3 Å². The number of nitrogens with one attached hydrogen (secondary N) is 1. The molecule has 0 saturated carbocycles. The number of aryl methyl sites for hydroxylation is 1. The van der Waals surface area contributed by atoms with Crippen molar-refractivity contribution in [3.05, 3.63) is 83.3 Å². The summed E-state index contributed by atoms with van der Waals surface area (Å²) in [4.78, 5) is 17.3. The Labute approximate surface area is 174 Å². The van der Waals surface area contributed by atoms with E-state index in [4.69, 9.17) is 4.42 Å². The van der Waals surface area contributed by atoms with Crippen LogP contribution in [-0.4, -0.2) is 20.7 Å². The lowest BCUT2D eigenvalue weighted by atomic mass is 10.2. The minimum Gasteiger partial charge on any atom is -0.451 e. The second-order valence-corrected chi connectivity index (χ2v) is 7.54. The number of para-hydroxylation sites is 1. The monoisotopic (exact) mass is 418 g/mol. The van der Waals surface area contributed by atoms with Crippen molar-refractivity contribution in [3.63, 3.8) is 0 Å². The number of hydrogen-bond acceptors (Lipinski definition) is 5. The Kier molecular flexibility index (Phi) is 4.40. The molecule has 6 nitrogen and oxygen atoms in total. The summed E-state index contributed by atoms with van der Waals surface area (Å²) >= 11 is 1.38. The first-order chi connectivity index (χ1) is 14.6. The maximum absolute atomic E-state index is 13.2. The summed E-state index contributed by atoms with van der Waals surface area (Å²) in [6.07, 6.45) is 0. The number of furan rings is 1. The van der Waals surface area contributed by atoms with Crippen LogP contribution in [-0.2, 0) is 0 Å². The Bertz CT molecular complexity index is 1330. The van der Waals surface area contributed by atoms with Crippen molar-refractivity contribution in [1.29, 1.82) is 0 Å². The Morgan fingerprint density at radius 1 is 1.13 bits per heavy atom. The number of hydrogen-bond donors (Lipinski definition) is 1. The molecule has 3 heterocycles. The molecule has 148 valence electrons. The van der Waals surface area contributed by atoms with E-state index in [9.17, 15) is 9.18 Å². The van der Waals surface area contributed by atoms with E-state index in [0.29, 0.717) is 22.2 Å². The van der Waals surface area contributed by atoms with E-state index in [0.717, 1.165) is 16.6 Å². The zero-order chi connectivity index (χ0) is 20.7. The highest BCUT2D eigenvalue weighted by Crippen LogP contribution is 2.27. The number of carbonyl (C=O) groups excluding carboxylic acids is 1. The summed E-state index contributed by atoms with van der Waals surface area (Å²) in [5.41, 5.74) is 2.89. The fourth-order valence-corrected chi connectivity index (χ4v) is 3.92. The Balaban J connectivity index is 1.44. The van der Waals surface area contributed by atoms with Gasteiger partial charge in [-0.25, -0.2) is 9.37 Å². The molecule has 2 aromatic carbocycles. The van der Waals surface area contributed by atoms with Gasteiger partial charge >= 0.3 is 0 Å². The normalized spacial score (nSPS) is 11.1. The molecule has 0 spiro atoms. The van der Waals surface area contributed by atoms with Gasteiger partial charge in [-0.3, -0.25) is 4.79 Å². The summed E-state index contributed by atoms with van der Waals surface area (Å²) in [5.74, 6) is 0.0286. The molecule has 0 saturated heterocycles. The van der Waals surface area contributed by atoms with Crippen LogP contribution in [0.4, 0.5) is 10.2 Å². The number of anilines is 1. The topological polar surface area (TPSA) is 73.0 Å². The summed E-state index contributed by atoms with van der Waals surface area (Å²) in [6.45, 7) is 1.84. The Morgan fingerprint density at radius 2 is 1.93 bits per heavy atom. The van der Waals surface area contributed by atoms with Crippen LogP contribution in [0.3, 0.4) is 0 Å². The maximum atomic E-state index is 13.2. The SMILES string of the molecule is Cc1cc(NC(=O)c2cc3ccccc3o2)n(-c2nc(-c3ccc(F)cc3)cs2)n1. The highest BCUT2D eigenvalue weighted by molar-refractivity contribution is 7.12. The van der Waals surface area contributed by atoms with Gasteiger partial charge in [-0.15, -0.1) is 11.3 Å². The fraction of sp³-hybridized carbons (Fsp3) is 0.0455. The lowest BCUT2D eigenvalue weighted by Crippen LogP contribution is -2.14. The molecule has 0 bridgehead atoms. The Morgan fingerprint density at radius 3 is 2.73 bits per heavy atom. The third-order valence-electron chi connectivity index (χ3n) is 4.54. The highest BCUT2D eigenvalue weighted by Gasteiger charge is 2.18. The second kappa shape index (κ2) is 7.23. The number of fused-ring (bicyclic) bond motifs is 1. The zero-order valence-electron chi connectivity index (χ0n) is 15.8. The van der Waals surface area contributed by atoms with Gasteiger partial charge in [-0.1, -0.05) is 18.2 Å². The summed E-state index contributed by atoms with van der Waals surface area (Å²) < 4.78 is 20.4. The first-order valence-electron chi connectivity index (χ1n) is 9.15. The van der Waals surface area contributed by atoms with Crippen LogP contribution in [0.2, 0.25) is 0 Å². The van der Waals surface area contributed by atoms with Gasteiger partial charge in [0.25, 0.3) is 5.91 Å². The van der Waals surface area contributed by atoms with Gasteiger partial charge in [0, 0.05) is 22.4 Å². The van der Waals surface area contributed by atoms with Crippen molar-refractivity contribution in [2.45, 2.75) is 6.92 Å². The number of rotatable bonds is 4. The van der Waals surface area contributed by atoms with Gasteiger partial charge in [-0.2, -0.15) is 9.78 Å². The number of thiazole rings is 1. The quantitative estimate of drug-likeness (QED) is 0.422. The van der Waals surface area contributed by atoms with E-state index in [1.54, 1.807) is 28.9 Å². The zero-order valence-corrected chi connectivity index (χ0v) is 16.6. The van der Waals surface area contributed by atoms with Gasteiger partial charge in [0.05, 0.1) is 11.4 Å². The van der Waals surface area contributed by atoms with Crippen LogP contribution in [0.25, 0.3) is 27.4 Å². The molecule has 0 aliphatic heterocycles. The molecule has 0 aliphatic rings. The van der Waals surface area contributed by atoms with Gasteiger partial charge in [0.1, 0.15) is 17.2 Å². The first kappa shape index (κ1) is 18.3. The third kappa shape index (κ3) is 3.37. The van der Waals surface area contributed by atoms with Crippen LogP contribution in [0.5, 0.6) is 0 Å². The number of benzene rings is 2. The van der Waals surface area contributed by atoms with E-state index in [2.05, 4.69) is 15.4 Å². The van der Waals surface area contributed by atoms with Gasteiger partial charge in [0.15, 0.2) is 5.76 Å². The molecule has 5 aromatic rings. The molecule has 1 N–H and O–H groups in total. The number of aromatic nitrogens is 3. The van der Waals surface area contributed by atoms with Crippen molar-refractivity contribution in [2.24, 2.45) is 0 Å². The highest BCUT2D eigenvalue weighted by atomic mass is 32.1. The molecular formula is C22H15FN4O2S. The van der Waals surface area contributed by atoms with Crippen molar-refractivity contribution < 1.29 is 13.6 Å². The van der Waals surface area contributed by atoms with E-state index in [1.165, 1.54) is 23.5 Å². The molecule has 30 heavy (non-hydrogen) atoms. The minimum atomic E-state index is -0.373. The fourth-order valence-electron chi connectivity index (χ4n) is 3.12. The predicted octanol–water partition coefficient (Wildman–Crippen LogP) is 5.44. The summed E-state index contributed by atoms with van der Waals surface area (Å²) in [5, 5.41) is 10.6. The van der Waals surface area contributed by atoms with E-state index >= 15 is 0 Å². The van der Waals surface area contributed by atoms with Crippen LogP contribution < -0.4 is 5.32 Å². The number of amides is 1. The lowest BCUT2D eigenvalue weighted by Gasteiger charge is -2.05. The van der Waals surface area contributed by atoms with E-state index < -0.39 is 0 Å². The number of halogens is 1. The van der Waals surface area contributed by atoms with E-state index in [1.807, 2.05) is 36.6 Å².